The van der Waals surface area contributed by atoms with Crippen LogP contribution in [-0.2, 0) is 11.8 Å². The Labute approximate surface area is 160 Å². The van der Waals surface area contributed by atoms with Gasteiger partial charge in [-0.15, -0.1) is 0 Å². The van der Waals surface area contributed by atoms with E-state index in [1.165, 1.54) is 7.05 Å². The summed E-state index contributed by atoms with van der Waals surface area (Å²) >= 11 is 0. The van der Waals surface area contributed by atoms with Crippen LogP contribution in [0.25, 0.3) is 22.9 Å². The molecule has 1 aromatic rings. The van der Waals surface area contributed by atoms with Crippen molar-refractivity contribution in [3.05, 3.63) is 45.1 Å². The minimum atomic E-state index is -0.649. The third-order valence-corrected chi connectivity index (χ3v) is 4.60. The quantitative estimate of drug-likeness (QED) is 0.640. The monoisotopic (exact) mass is 384 g/mol. The second kappa shape index (κ2) is 7.87. The molecule has 0 saturated carbocycles. The first-order valence-corrected chi connectivity index (χ1v) is 8.98. The summed E-state index contributed by atoms with van der Waals surface area (Å²) in [6.07, 6.45) is 0. The zero-order valence-corrected chi connectivity index (χ0v) is 15.4. The molecule has 3 aliphatic heterocycles. The molecule has 0 aromatic heterocycles. The first-order chi connectivity index (χ1) is 13.6. The van der Waals surface area contributed by atoms with Crippen molar-refractivity contribution in [2.24, 2.45) is 7.05 Å². The van der Waals surface area contributed by atoms with Crippen LogP contribution in [0.5, 0.6) is 5.75 Å². The van der Waals surface area contributed by atoms with Gasteiger partial charge in [-0.25, -0.2) is 9.78 Å². The topological polar surface area (TPSA) is 115 Å². The summed E-state index contributed by atoms with van der Waals surface area (Å²) in [5.74, 6) is 1.15. The normalized spacial score (nSPS) is 15.0. The minimum absolute atomic E-state index is 0.0675. The average Bonchev–Trinajstić information content (AvgIpc) is 2.73. The summed E-state index contributed by atoms with van der Waals surface area (Å²) < 4.78 is 12.0. The van der Waals surface area contributed by atoms with E-state index < -0.39 is 11.2 Å². The number of ether oxygens (including phenoxy) is 2. The van der Waals surface area contributed by atoms with Crippen LogP contribution >= 0.6 is 0 Å². The zero-order chi connectivity index (χ0) is 19.5. The molecule has 0 amide bonds. The summed E-state index contributed by atoms with van der Waals surface area (Å²) in [4.78, 5) is 34.1. The van der Waals surface area contributed by atoms with Gasteiger partial charge in [0, 0.05) is 32.2 Å². The van der Waals surface area contributed by atoms with Crippen molar-refractivity contribution < 1.29 is 9.47 Å². The SMILES string of the molecule is Cn1c(=O)nc2[nH]nc(-c3ccc(OCCN4CCOCC4)cc3)nc-2c1=O. The summed E-state index contributed by atoms with van der Waals surface area (Å²) in [6, 6.07) is 7.30. The van der Waals surface area contributed by atoms with E-state index in [-0.39, 0.29) is 11.5 Å². The second-order valence-corrected chi connectivity index (χ2v) is 6.44. The van der Waals surface area contributed by atoms with Gasteiger partial charge in [0.15, 0.2) is 17.3 Å². The lowest BCUT2D eigenvalue weighted by atomic mass is 10.2. The van der Waals surface area contributed by atoms with E-state index in [1.54, 1.807) is 0 Å². The van der Waals surface area contributed by atoms with Gasteiger partial charge in [0.1, 0.15) is 12.4 Å². The fourth-order valence-corrected chi connectivity index (χ4v) is 2.93. The third kappa shape index (κ3) is 3.78. The van der Waals surface area contributed by atoms with Crippen molar-refractivity contribution in [2.75, 3.05) is 39.5 Å². The van der Waals surface area contributed by atoms with E-state index in [4.69, 9.17) is 9.47 Å². The Hall–Kier alpha value is -3.11. The summed E-state index contributed by atoms with van der Waals surface area (Å²) in [5, 5.41) is 6.73. The van der Waals surface area contributed by atoms with Crippen LogP contribution in [0.15, 0.2) is 33.9 Å². The fourth-order valence-electron chi connectivity index (χ4n) is 2.93. The third-order valence-electron chi connectivity index (χ3n) is 4.60. The van der Waals surface area contributed by atoms with Gasteiger partial charge in [-0.1, -0.05) is 0 Å². The molecule has 3 heterocycles. The lowest BCUT2D eigenvalue weighted by molar-refractivity contribution is 0.0322. The summed E-state index contributed by atoms with van der Waals surface area (Å²) in [5.41, 5.74) is -0.383. The number of H-pyrrole nitrogens is 1. The molecule has 0 radical (unpaired) electrons. The highest BCUT2D eigenvalue weighted by Gasteiger charge is 2.17. The summed E-state index contributed by atoms with van der Waals surface area (Å²) in [6.45, 7) is 4.85. The Morgan fingerprint density at radius 1 is 1.14 bits per heavy atom. The molecule has 4 rings (SSSR count). The smallest absolute Gasteiger partial charge is 0.352 e. The number of aromatic nitrogens is 5. The first kappa shape index (κ1) is 18.3. The lowest BCUT2D eigenvalue weighted by Crippen LogP contribution is -2.38. The van der Waals surface area contributed by atoms with Crippen molar-refractivity contribution in [1.82, 2.24) is 29.6 Å². The van der Waals surface area contributed by atoms with Crippen LogP contribution in [0.1, 0.15) is 0 Å². The number of hydrogen-bond donors (Lipinski definition) is 1. The van der Waals surface area contributed by atoms with Gasteiger partial charge < -0.3 is 9.47 Å². The average molecular weight is 384 g/mol. The predicted molar refractivity (Wildman–Crippen MR) is 101 cm³/mol. The number of nitrogens with zero attached hydrogens (tertiary/aromatic N) is 5. The van der Waals surface area contributed by atoms with Crippen LogP contribution in [0, 0.1) is 0 Å². The van der Waals surface area contributed by atoms with Gasteiger partial charge in [-0.2, -0.15) is 10.1 Å². The highest BCUT2D eigenvalue weighted by atomic mass is 16.5. The summed E-state index contributed by atoms with van der Waals surface area (Å²) in [7, 11) is 1.36. The predicted octanol–water partition coefficient (Wildman–Crippen LogP) is -0.259. The van der Waals surface area contributed by atoms with Crippen molar-refractivity contribution >= 4 is 0 Å². The molecule has 0 bridgehead atoms. The van der Waals surface area contributed by atoms with Crippen LogP contribution < -0.4 is 16.0 Å². The molecule has 1 saturated heterocycles. The van der Waals surface area contributed by atoms with E-state index in [0.717, 1.165) is 43.2 Å². The van der Waals surface area contributed by atoms with E-state index in [9.17, 15) is 9.59 Å². The van der Waals surface area contributed by atoms with Crippen molar-refractivity contribution in [2.45, 2.75) is 0 Å². The number of aromatic amines is 1. The standard InChI is InChI=1S/C18H20N6O4/c1-23-17(25)14-16(20-18(23)26)22-21-15(19-14)12-2-4-13(5-3-12)28-11-8-24-6-9-27-10-7-24/h2-5H,6-11H2,1H3,(H,20,22,26). The molecule has 146 valence electrons. The molecule has 0 spiro atoms. The maximum absolute atomic E-state index is 12.2. The molecule has 28 heavy (non-hydrogen) atoms. The van der Waals surface area contributed by atoms with Crippen molar-refractivity contribution in [3.63, 3.8) is 0 Å². The molecule has 1 fully saturated rings. The zero-order valence-electron chi connectivity index (χ0n) is 15.4. The van der Waals surface area contributed by atoms with Crippen molar-refractivity contribution in [1.29, 1.82) is 0 Å². The lowest BCUT2D eigenvalue weighted by Gasteiger charge is -2.26. The molecular weight excluding hydrogens is 364 g/mol. The van der Waals surface area contributed by atoms with Crippen LogP contribution in [0.3, 0.4) is 0 Å². The fraction of sp³-hybridized carbons (Fsp3) is 0.389. The number of nitrogens with one attached hydrogen (secondary N) is 1. The Bertz CT molecular complexity index is 1040. The van der Waals surface area contributed by atoms with Gasteiger partial charge in [-0.3, -0.25) is 19.4 Å². The molecule has 0 atom stereocenters. The Kier molecular flexibility index (Phi) is 5.13. The van der Waals surface area contributed by atoms with Crippen LogP contribution in [0.2, 0.25) is 0 Å². The van der Waals surface area contributed by atoms with Crippen molar-refractivity contribution in [3.8, 4) is 28.7 Å². The van der Waals surface area contributed by atoms with Crippen LogP contribution in [0.4, 0.5) is 0 Å². The van der Waals surface area contributed by atoms with Gasteiger partial charge in [0.05, 0.1) is 13.2 Å². The maximum atomic E-state index is 12.2. The number of benzene rings is 1. The molecule has 1 aromatic carbocycles. The van der Waals surface area contributed by atoms with E-state index in [1.807, 2.05) is 24.3 Å². The Morgan fingerprint density at radius 2 is 1.89 bits per heavy atom. The largest absolute Gasteiger partial charge is 0.492 e. The van der Waals surface area contributed by atoms with E-state index >= 15 is 0 Å². The molecular formula is C18H20N6O4. The first-order valence-electron chi connectivity index (χ1n) is 8.98. The second-order valence-electron chi connectivity index (χ2n) is 6.44. The molecule has 3 aliphatic rings. The van der Waals surface area contributed by atoms with Gasteiger partial charge in [-0.05, 0) is 24.3 Å². The Balaban J connectivity index is 1.47. The van der Waals surface area contributed by atoms with Crippen LogP contribution in [-0.4, -0.2) is 69.1 Å². The molecule has 1 N–H and O–H groups in total. The molecule has 10 heteroatoms. The van der Waals surface area contributed by atoms with Gasteiger partial charge >= 0.3 is 5.69 Å². The molecule has 0 unspecified atom stereocenters. The van der Waals surface area contributed by atoms with Gasteiger partial charge in [0.25, 0.3) is 5.56 Å². The van der Waals surface area contributed by atoms with E-state index in [0.29, 0.717) is 18.0 Å². The molecule has 0 aliphatic carbocycles. The number of hydrogen-bond acceptors (Lipinski definition) is 8. The minimum Gasteiger partial charge on any atom is -0.492 e. The molecule has 10 nitrogen and oxygen atoms in total. The number of morpholine rings is 1. The highest BCUT2D eigenvalue weighted by molar-refractivity contribution is 5.59. The highest BCUT2D eigenvalue weighted by Crippen LogP contribution is 2.20. The van der Waals surface area contributed by atoms with E-state index in [2.05, 4.69) is 25.1 Å². The number of rotatable bonds is 5. The number of fused-ring (bicyclic) bond motifs is 1. The Morgan fingerprint density at radius 3 is 2.64 bits per heavy atom. The van der Waals surface area contributed by atoms with Gasteiger partial charge in [0.2, 0.25) is 0 Å². The maximum Gasteiger partial charge on any atom is 0.352 e.